The van der Waals surface area contributed by atoms with Gasteiger partial charge >= 0.3 is 6.03 Å². The fraction of sp³-hybridized carbons (Fsp3) is 0.190. The quantitative estimate of drug-likeness (QED) is 0.593. The molecule has 4 rings (SSSR count). The number of methoxy groups -OCH3 is 1. The summed E-state index contributed by atoms with van der Waals surface area (Å²) < 4.78 is 32.2. The van der Waals surface area contributed by atoms with Crippen LogP contribution in [0.1, 0.15) is 21.5 Å². The van der Waals surface area contributed by atoms with Crippen LogP contribution in [0.2, 0.25) is 0 Å². The summed E-state index contributed by atoms with van der Waals surface area (Å²) in [5, 5.41) is 4.52. The van der Waals surface area contributed by atoms with Gasteiger partial charge in [0.15, 0.2) is 0 Å². The van der Waals surface area contributed by atoms with Gasteiger partial charge in [-0.25, -0.2) is 13.6 Å². The van der Waals surface area contributed by atoms with Gasteiger partial charge in [0, 0.05) is 18.2 Å². The molecule has 2 N–H and O–H groups in total. The van der Waals surface area contributed by atoms with Crippen LogP contribution < -0.4 is 15.4 Å². The van der Waals surface area contributed by atoms with Gasteiger partial charge in [-0.1, -0.05) is 11.8 Å². The molecule has 7 nitrogen and oxygen atoms in total. The molecule has 0 aromatic heterocycles. The maximum atomic E-state index is 13.9. The van der Waals surface area contributed by atoms with E-state index in [1.165, 1.54) is 12.0 Å². The molecule has 30 heavy (non-hydrogen) atoms. The highest BCUT2D eigenvalue weighted by atomic mass is 19.1. The standard InChI is InChI=1S/C21H15F2N3O4/c1-30-15-4-5-16-13(8-15)10-26(18(16)27)11-21(19(28)24-20(29)25-21)7-6-12-2-3-14(22)9-17(12)23/h2-5,8-9H,10-11H2,1H3,(H2,24,25,28,29)/t21-/m1/s1. The van der Waals surface area contributed by atoms with E-state index in [1.54, 1.807) is 18.2 Å². The van der Waals surface area contributed by atoms with E-state index < -0.39 is 29.1 Å². The molecule has 0 radical (unpaired) electrons. The number of urea groups is 1. The molecule has 0 bridgehead atoms. The van der Waals surface area contributed by atoms with Crippen molar-refractivity contribution in [2.24, 2.45) is 0 Å². The van der Waals surface area contributed by atoms with Crippen molar-refractivity contribution in [1.29, 1.82) is 0 Å². The summed E-state index contributed by atoms with van der Waals surface area (Å²) in [4.78, 5) is 38.5. The molecular formula is C21H15F2N3O4. The van der Waals surface area contributed by atoms with Gasteiger partial charge in [0.1, 0.15) is 17.4 Å². The first-order valence-electron chi connectivity index (χ1n) is 8.89. The summed E-state index contributed by atoms with van der Waals surface area (Å²) in [5.41, 5.74) is -0.768. The van der Waals surface area contributed by atoms with Gasteiger partial charge in [-0.15, -0.1) is 0 Å². The van der Waals surface area contributed by atoms with Crippen molar-refractivity contribution in [2.75, 3.05) is 13.7 Å². The zero-order valence-electron chi connectivity index (χ0n) is 15.7. The smallest absolute Gasteiger partial charge is 0.323 e. The number of carbonyl (C=O) groups is 3. The second-order valence-electron chi connectivity index (χ2n) is 6.87. The van der Waals surface area contributed by atoms with Crippen molar-refractivity contribution >= 4 is 17.8 Å². The lowest BCUT2D eigenvalue weighted by Crippen LogP contribution is -2.54. The van der Waals surface area contributed by atoms with Gasteiger partial charge in [-0.05, 0) is 35.9 Å². The molecule has 152 valence electrons. The van der Waals surface area contributed by atoms with E-state index in [0.717, 1.165) is 12.1 Å². The van der Waals surface area contributed by atoms with Crippen LogP contribution in [0.5, 0.6) is 5.75 Å². The minimum Gasteiger partial charge on any atom is -0.497 e. The maximum absolute atomic E-state index is 13.9. The number of ether oxygens (including phenoxy) is 1. The first-order chi connectivity index (χ1) is 14.3. The predicted molar refractivity (Wildman–Crippen MR) is 100 cm³/mol. The first-order valence-corrected chi connectivity index (χ1v) is 8.89. The van der Waals surface area contributed by atoms with Gasteiger partial charge in [0.25, 0.3) is 11.8 Å². The highest BCUT2D eigenvalue weighted by Crippen LogP contribution is 2.28. The zero-order chi connectivity index (χ0) is 21.5. The van der Waals surface area contributed by atoms with Crippen molar-refractivity contribution in [3.63, 3.8) is 0 Å². The minimum absolute atomic E-state index is 0.148. The number of carbonyl (C=O) groups excluding carboxylic acids is 3. The molecule has 4 amide bonds. The van der Waals surface area contributed by atoms with E-state index in [-0.39, 0.29) is 24.6 Å². The third-order valence-electron chi connectivity index (χ3n) is 4.90. The van der Waals surface area contributed by atoms with E-state index in [4.69, 9.17) is 4.74 Å². The Morgan fingerprint density at radius 1 is 1.17 bits per heavy atom. The normalized spacial score (nSPS) is 19.7. The Labute approximate surface area is 170 Å². The summed E-state index contributed by atoms with van der Waals surface area (Å²) >= 11 is 0. The molecular weight excluding hydrogens is 396 g/mol. The van der Waals surface area contributed by atoms with Crippen LogP contribution >= 0.6 is 0 Å². The van der Waals surface area contributed by atoms with Gasteiger partial charge in [0.05, 0.1) is 19.2 Å². The van der Waals surface area contributed by atoms with Crippen LogP contribution in [0.15, 0.2) is 36.4 Å². The van der Waals surface area contributed by atoms with E-state index in [0.29, 0.717) is 22.9 Å². The molecule has 2 aliphatic rings. The van der Waals surface area contributed by atoms with E-state index in [9.17, 15) is 23.2 Å². The third kappa shape index (κ3) is 3.33. The summed E-state index contributed by atoms with van der Waals surface area (Å²) in [5.74, 6) is 2.86. The molecule has 2 heterocycles. The van der Waals surface area contributed by atoms with Crippen LogP contribution in [0, 0.1) is 23.5 Å². The van der Waals surface area contributed by atoms with Gasteiger partial charge < -0.3 is 15.0 Å². The molecule has 2 aliphatic heterocycles. The van der Waals surface area contributed by atoms with Crippen molar-refractivity contribution in [2.45, 2.75) is 12.1 Å². The summed E-state index contributed by atoms with van der Waals surface area (Å²) in [6.45, 7) is -0.0704. The molecule has 0 unspecified atom stereocenters. The minimum atomic E-state index is -1.78. The zero-order valence-corrected chi connectivity index (χ0v) is 15.7. The van der Waals surface area contributed by atoms with Gasteiger partial charge in [0.2, 0.25) is 5.54 Å². The van der Waals surface area contributed by atoms with Crippen LogP contribution in [0.4, 0.5) is 13.6 Å². The monoisotopic (exact) mass is 411 g/mol. The number of fused-ring (bicyclic) bond motifs is 1. The number of hydrogen-bond donors (Lipinski definition) is 2. The first kappa shape index (κ1) is 19.4. The Morgan fingerprint density at radius 3 is 2.63 bits per heavy atom. The summed E-state index contributed by atoms with van der Waals surface area (Å²) in [6.07, 6.45) is 0. The summed E-state index contributed by atoms with van der Waals surface area (Å²) in [6, 6.07) is 7.03. The highest BCUT2D eigenvalue weighted by molar-refractivity contribution is 6.10. The number of benzene rings is 2. The summed E-state index contributed by atoms with van der Waals surface area (Å²) in [7, 11) is 1.51. The number of hydrogen-bond acceptors (Lipinski definition) is 4. The second kappa shape index (κ2) is 7.15. The Hall–Kier alpha value is -3.93. The number of halogens is 2. The van der Waals surface area contributed by atoms with E-state index in [2.05, 4.69) is 22.5 Å². The highest BCUT2D eigenvalue weighted by Gasteiger charge is 2.48. The van der Waals surface area contributed by atoms with Crippen molar-refractivity contribution in [3.8, 4) is 17.6 Å². The Kier molecular flexibility index (Phi) is 4.62. The lowest BCUT2D eigenvalue weighted by Gasteiger charge is -2.26. The molecule has 1 saturated heterocycles. The number of imide groups is 1. The number of rotatable bonds is 3. The Bertz CT molecular complexity index is 1150. The number of nitrogens with zero attached hydrogens (tertiary/aromatic N) is 1. The topological polar surface area (TPSA) is 87.7 Å². The van der Waals surface area contributed by atoms with Gasteiger partial charge in [-0.3, -0.25) is 14.9 Å². The molecule has 1 atom stereocenters. The molecule has 0 aliphatic carbocycles. The molecule has 0 saturated carbocycles. The average Bonchev–Trinajstić information content (AvgIpc) is 3.16. The lowest BCUT2D eigenvalue weighted by molar-refractivity contribution is -0.122. The Morgan fingerprint density at radius 2 is 1.97 bits per heavy atom. The Balaban J connectivity index is 1.66. The fourth-order valence-electron chi connectivity index (χ4n) is 3.39. The molecule has 0 spiro atoms. The lowest BCUT2D eigenvalue weighted by atomic mass is 9.99. The fourth-order valence-corrected chi connectivity index (χ4v) is 3.39. The number of amides is 4. The third-order valence-corrected chi connectivity index (χ3v) is 4.90. The van der Waals surface area contributed by atoms with E-state index in [1.807, 2.05) is 0 Å². The SMILES string of the molecule is COc1ccc2c(c1)CN(C[C@@]1(C#Cc3ccc(F)cc3F)NC(=O)NC1=O)C2=O. The van der Waals surface area contributed by atoms with E-state index >= 15 is 0 Å². The number of nitrogens with one attached hydrogen (secondary N) is 2. The molecule has 1 fully saturated rings. The van der Waals surface area contributed by atoms with Crippen LogP contribution in [-0.4, -0.2) is 41.9 Å². The van der Waals surface area contributed by atoms with Crippen LogP contribution in [-0.2, 0) is 11.3 Å². The van der Waals surface area contributed by atoms with Crippen LogP contribution in [0.25, 0.3) is 0 Å². The largest absolute Gasteiger partial charge is 0.497 e. The van der Waals surface area contributed by atoms with Crippen molar-refractivity contribution in [1.82, 2.24) is 15.5 Å². The van der Waals surface area contributed by atoms with Crippen LogP contribution in [0.3, 0.4) is 0 Å². The van der Waals surface area contributed by atoms with Gasteiger partial charge in [-0.2, -0.15) is 0 Å². The molecule has 9 heteroatoms. The molecule has 2 aromatic carbocycles. The maximum Gasteiger partial charge on any atom is 0.323 e. The molecule has 2 aromatic rings. The second-order valence-corrected chi connectivity index (χ2v) is 6.87. The average molecular weight is 411 g/mol. The predicted octanol–water partition coefficient (Wildman–Crippen LogP) is 1.56. The van der Waals surface area contributed by atoms with Crippen molar-refractivity contribution in [3.05, 3.63) is 64.7 Å². The van der Waals surface area contributed by atoms with Crippen molar-refractivity contribution < 1.29 is 27.9 Å².